The molecule has 0 radical (unpaired) electrons. The number of hydrogen-bond acceptors (Lipinski definition) is 1. The van der Waals surface area contributed by atoms with Crippen molar-refractivity contribution in [1.29, 1.82) is 0 Å². The van der Waals surface area contributed by atoms with Crippen molar-refractivity contribution in [3.63, 3.8) is 0 Å². The van der Waals surface area contributed by atoms with Gasteiger partial charge in [0, 0.05) is 6.04 Å². The molecule has 0 aromatic carbocycles. The molecule has 4 atom stereocenters. The zero-order valence-corrected chi connectivity index (χ0v) is 8.79. The van der Waals surface area contributed by atoms with Gasteiger partial charge in [-0.25, -0.2) is 0 Å². The second kappa shape index (κ2) is 2.73. The Hall–Kier alpha value is -0.0400. The summed E-state index contributed by atoms with van der Waals surface area (Å²) in [6.07, 6.45) is 4.71. The van der Waals surface area contributed by atoms with Gasteiger partial charge in [0.1, 0.15) is 0 Å². The van der Waals surface area contributed by atoms with Crippen molar-refractivity contribution in [2.75, 3.05) is 6.54 Å². The van der Waals surface area contributed by atoms with Crippen LogP contribution in [0, 0.1) is 29.6 Å². The third kappa shape index (κ3) is 1.16. The molecule has 3 rings (SSSR count). The van der Waals surface area contributed by atoms with Gasteiger partial charge in [-0.2, -0.15) is 0 Å². The molecule has 0 aliphatic heterocycles. The molecule has 1 nitrogen and oxygen atoms in total. The van der Waals surface area contributed by atoms with E-state index in [0.29, 0.717) is 6.04 Å². The molecule has 0 aromatic rings. The fraction of sp³-hybridized carbons (Fsp3) is 1.00. The fourth-order valence-corrected chi connectivity index (χ4v) is 4.15. The quantitative estimate of drug-likeness (QED) is 0.701. The molecular weight excluding hydrogens is 158 g/mol. The summed E-state index contributed by atoms with van der Waals surface area (Å²) in [4.78, 5) is 0. The smallest absolute Gasteiger partial charge is 0.00104 e. The van der Waals surface area contributed by atoms with Crippen molar-refractivity contribution in [2.45, 2.75) is 39.2 Å². The van der Waals surface area contributed by atoms with Crippen LogP contribution in [0.25, 0.3) is 0 Å². The van der Waals surface area contributed by atoms with E-state index in [1.165, 1.54) is 6.54 Å². The Kier molecular flexibility index (Phi) is 1.74. The lowest BCUT2D eigenvalue weighted by molar-refractivity contribution is 0.430. The molecular formula is C12H21N. The molecule has 3 aliphatic carbocycles. The molecule has 0 spiro atoms. The van der Waals surface area contributed by atoms with E-state index >= 15 is 0 Å². The molecule has 3 fully saturated rings. The summed E-state index contributed by atoms with van der Waals surface area (Å²) in [5, 5.41) is 3.60. The van der Waals surface area contributed by atoms with E-state index in [4.69, 9.17) is 0 Å². The summed E-state index contributed by atoms with van der Waals surface area (Å²) in [7, 11) is 0. The zero-order chi connectivity index (χ0) is 9.00. The lowest BCUT2D eigenvalue weighted by Gasteiger charge is -2.11. The average molecular weight is 179 g/mol. The van der Waals surface area contributed by atoms with Gasteiger partial charge in [-0.05, 0) is 55.4 Å². The summed E-state index contributed by atoms with van der Waals surface area (Å²) < 4.78 is 0. The van der Waals surface area contributed by atoms with Gasteiger partial charge < -0.3 is 5.32 Å². The first-order valence-corrected chi connectivity index (χ1v) is 6.00. The predicted octanol–water partition coefficient (Wildman–Crippen LogP) is 2.28. The van der Waals surface area contributed by atoms with Gasteiger partial charge in [-0.3, -0.25) is 0 Å². The lowest BCUT2D eigenvalue weighted by Crippen LogP contribution is -2.26. The highest BCUT2D eigenvalue weighted by Crippen LogP contribution is 2.69. The van der Waals surface area contributed by atoms with E-state index in [1.807, 2.05) is 0 Å². The highest BCUT2D eigenvalue weighted by atomic mass is 14.9. The second-order valence-electron chi connectivity index (χ2n) is 5.71. The molecule has 0 aromatic heterocycles. The number of hydrogen-bond donors (Lipinski definition) is 1. The minimum absolute atomic E-state index is 0.680. The number of fused-ring (bicyclic) bond motifs is 5. The first-order chi connectivity index (χ1) is 6.27. The maximum Gasteiger partial charge on any atom is 0.00104 e. The van der Waals surface area contributed by atoms with Gasteiger partial charge in [-0.15, -0.1) is 0 Å². The van der Waals surface area contributed by atoms with Crippen LogP contribution >= 0.6 is 0 Å². The summed E-state index contributed by atoms with van der Waals surface area (Å²) in [5.41, 5.74) is 0. The Morgan fingerprint density at radius 2 is 1.77 bits per heavy atom. The van der Waals surface area contributed by atoms with Crippen LogP contribution in [0.5, 0.6) is 0 Å². The van der Waals surface area contributed by atoms with Gasteiger partial charge in [0.05, 0.1) is 0 Å². The molecule has 4 unspecified atom stereocenters. The zero-order valence-electron chi connectivity index (χ0n) is 8.79. The molecule has 0 saturated heterocycles. The van der Waals surface area contributed by atoms with E-state index in [2.05, 4.69) is 19.2 Å². The van der Waals surface area contributed by atoms with Crippen LogP contribution in [0.1, 0.15) is 33.1 Å². The van der Waals surface area contributed by atoms with E-state index in [0.717, 1.165) is 29.6 Å². The Labute approximate surface area is 81.3 Å². The van der Waals surface area contributed by atoms with Crippen molar-refractivity contribution in [2.24, 2.45) is 29.6 Å². The second-order valence-corrected chi connectivity index (χ2v) is 5.71. The number of rotatable bonds is 3. The van der Waals surface area contributed by atoms with Crippen molar-refractivity contribution in [3.05, 3.63) is 0 Å². The lowest BCUT2D eigenvalue weighted by atomic mass is 10.0. The summed E-state index contributed by atoms with van der Waals surface area (Å²) in [6, 6.07) is 0.680. The normalized spacial score (nSPS) is 51.5. The van der Waals surface area contributed by atoms with Crippen molar-refractivity contribution < 1.29 is 0 Å². The topological polar surface area (TPSA) is 12.0 Å². The molecule has 13 heavy (non-hydrogen) atoms. The van der Waals surface area contributed by atoms with Crippen molar-refractivity contribution >= 4 is 0 Å². The molecule has 2 bridgehead atoms. The van der Waals surface area contributed by atoms with Crippen LogP contribution in [-0.2, 0) is 0 Å². The van der Waals surface area contributed by atoms with Crippen LogP contribution in [0.2, 0.25) is 0 Å². The summed E-state index contributed by atoms with van der Waals surface area (Å²) >= 11 is 0. The molecule has 1 heteroatoms. The van der Waals surface area contributed by atoms with Crippen LogP contribution in [0.15, 0.2) is 0 Å². The first-order valence-electron chi connectivity index (χ1n) is 6.00. The minimum atomic E-state index is 0.680. The van der Waals surface area contributed by atoms with Gasteiger partial charge in [-0.1, -0.05) is 13.8 Å². The Bertz CT molecular complexity index is 195. The largest absolute Gasteiger partial charge is 0.314 e. The van der Waals surface area contributed by atoms with Crippen LogP contribution in [0.4, 0.5) is 0 Å². The van der Waals surface area contributed by atoms with Gasteiger partial charge in [0.25, 0.3) is 0 Å². The highest BCUT2D eigenvalue weighted by Gasteiger charge is 2.64. The van der Waals surface area contributed by atoms with E-state index in [9.17, 15) is 0 Å². The molecule has 0 amide bonds. The molecule has 74 valence electrons. The Morgan fingerprint density at radius 3 is 2.31 bits per heavy atom. The standard InChI is InChI=1S/C12H21N/c1-7(2)13-6-10-11-8-3-4-9(5-8)12(10)11/h7-13H,3-6H2,1-2H3. The van der Waals surface area contributed by atoms with Crippen LogP contribution < -0.4 is 5.32 Å². The maximum absolute atomic E-state index is 3.60. The Morgan fingerprint density at radius 1 is 1.15 bits per heavy atom. The van der Waals surface area contributed by atoms with E-state index < -0.39 is 0 Å². The van der Waals surface area contributed by atoms with Gasteiger partial charge >= 0.3 is 0 Å². The monoisotopic (exact) mass is 179 g/mol. The third-order valence-electron chi connectivity index (χ3n) is 4.66. The van der Waals surface area contributed by atoms with Crippen molar-refractivity contribution in [3.8, 4) is 0 Å². The predicted molar refractivity (Wildman–Crippen MR) is 54.4 cm³/mol. The Balaban J connectivity index is 1.55. The van der Waals surface area contributed by atoms with E-state index in [1.54, 1.807) is 19.3 Å². The van der Waals surface area contributed by atoms with Crippen LogP contribution in [-0.4, -0.2) is 12.6 Å². The summed E-state index contributed by atoms with van der Waals surface area (Å²) in [6.45, 7) is 5.82. The first kappa shape index (κ1) is 8.28. The van der Waals surface area contributed by atoms with E-state index in [-0.39, 0.29) is 0 Å². The maximum atomic E-state index is 3.60. The fourth-order valence-electron chi connectivity index (χ4n) is 4.15. The molecule has 3 saturated carbocycles. The van der Waals surface area contributed by atoms with Gasteiger partial charge in [0.15, 0.2) is 0 Å². The van der Waals surface area contributed by atoms with Gasteiger partial charge in [0.2, 0.25) is 0 Å². The SMILES string of the molecule is CC(C)NCC1C2C3CCC(C3)C12. The summed E-state index contributed by atoms with van der Waals surface area (Å²) in [5.74, 6) is 5.69. The van der Waals surface area contributed by atoms with Crippen LogP contribution in [0.3, 0.4) is 0 Å². The molecule has 3 aliphatic rings. The number of nitrogens with one attached hydrogen (secondary N) is 1. The average Bonchev–Trinajstić information content (AvgIpc) is 2.51. The minimum Gasteiger partial charge on any atom is -0.314 e. The highest BCUT2D eigenvalue weighted by molar-refractivity contribution is 5.13. The van der Waals surface area contributed by atoms with Crippen molar-refractivity contribution in [1.82, 2.24) is 5.32 Å². The molecule has 0 heterocycles. The third-order valence-corrected chi connectivity index (χ3v) is 4.66. The molecule has 1 N–H and O–H groups in total.